The molecule has 0 atom stereocenters. The second kappa shape index (κ2) is 10.7. The Bertz CT molecular complexity index is 1230. The van der Waals surface area contributed by atoms with Gasteiger partial charge in [-0.3, -0.25) is 0 Å². The van der Waals surface area contributed by atoms with E-state index in [-0.39, 0.29) is 0 Å². The average Bonchev–Trinajstić information content (AvgIpc) is 3.39. The van der Waals surface area contributed by atoms with E-state index in [0.717, 1.165) is 74.1 Å². The fourth-order valence-corrected chi connectivity index (χ4v) is 4.30. The highest BCUT2D eigenvalue weighted by molar-refractivity contribution is 5.88. The summed E-state index contributed by atoms with van der Waals surface area (Å²) in [5.41, 5.74) is 5.22. The molecule has 9 heteroatoms. The van der Waals surface area contributed by atoms with Gasteiger partial charge < -0.3 is 24.8 Å². The summed E-state index contributed by atoms with van der Waals surface area (Å²) in [6.07, 6.45) is 5.85. The van der Waals surface area contributed by atoms with Crippen molar-refractivity contribution in [2.24, 2.45) is 0 Å². The Balaban J connectivity index is 1.38. The van der Waals surface area contributed by atoms with Gasteiger partial charge in [0, 0.05) is 49.3 Å². The highest BCUT2D eigenvalue weighted by Gasteiger charge is 2.15. The molecule has 0 aliphatic carbocycles. The topological polar surface area (TPSA) is 95.1 Å². The lowest BCUT2D eigenvalue weighted by Crippen LogP contribution is -2.36. The second-order valence-electron chi connectivity index (χ2n) is 8.61. The van der Waals surface area contributed by atoms with Crippen LogP contribution in [0.25, 0.3) is 22.4 Å². The number of unbranched alkanes of at least 4 members (excludes halogenated alkanes) is 1. The molecule has 1 aliphatic rings. The summed E-state index contributed by atoms with van der Waals surface area (Å²) in [6, 6.07) is 12.5. The van der Waals surface area contributed by atoms with Crippen LogP contribution in [0.1, 0.15) is 26.7 Å². The molecule has 4 aromatic rings. The van der Waals surface area contributed by atoms with Crippen molar-refractivity contribution in [1.29, 1.82) is 0 Å². The van der Waals surface area contributed by atoms with Crippen molar-refractivity contribution in [2.45, 2.75) is 26.7 Å². The molecule has 0 unspecified atom stereocenters. The summed E-state index contributed by atoms with van der Waals surface area (Å²) in [5, 5.41) is 3.34. The van der Waals surface area contributed by atoms with Crippen LogP contribution >= 0.6 is 0 Å². The van der Waals surface area contributed by atoms with Crippen LogP contribution in [0.2, 0.25) is 0 Å². The summed E-state index contributed by atoms with van der Waals surface area (Å²) in [5.74, 6) is 1.49. The molecule has 1 fully saturated rings. The monoisotopic (exact) mass is 472 g/mol. The average molecular weight is 473 g/mol. The number of fused-ring (bicyclic) bond motifs is 1. The lowest BCUT2D eigenvalue weighted by Gasteiger charge is -2.28. The Morgan fingerprint density at radius 1 is 1.03 bits per heavy atom. The molecule has 182 valence electrons. The van der Waals surface area contributed by atoms with E-state index in [9.17, 15) is 0 Å². The minimum absolute atomic E-state index is 0.501. The standard InChI is InChI=1S/C26H32N8O/c1-3-5-12-33(4-2)22-11-6-19(17-27-22)23-24-25(29-18-28-24)32-26(31-23)30-20-7-9-21(10-8-20)34-13-15-35-16-14-34/h6-11,17-18H,3-5,12-16H2,1-2H3,(H2,28,29,30,31,32). The number of H-pyrrole nitrogens is 1. The molecule has 35 heavy (non-hydrogen) atoms. The molecule has 0 bridgehead atoms. The number of anilines is 4. The first-order valence-corrected chi connectivity index (χ1v) is 12.4. The largest absolute Gasteiger partial charge is 0.378 e. The molecule has 1 aliphatic heterocycles. The number of nitrogens with zero attached hydrogens (tertiary/aromatic N) is 6. The van der Waals surface area contributed by atoms with Gasteiger partial charge in [-0.1, -0.05) is 13.3 Å². The number of pyridine rings is 1. The SMILES string of the molecule is CCCCN(CC)c1ccc(-c2nc(Nc3ccc(N4CCOCC4)cc3)nc3nc[nH]c23)cn1. The highest BCUT2D eigenvalue weighted by atomic mass is 16.5. The number of aromatic amines is 1. The number of rotatable bonds is 9. The van der Waals surface area contributed by atoms with E-state index < -0.39 is 0 Å². The first-order chi connectivity index (χ1) is 17.2. The molecule has 0 amide bonds. The van der Waals surface area contributed by atoms with E-state index >= 15 is 0 Å². The maximum atomic E-state index is 5.45. The predicted molar refractivity (Wildman–Crippen MR) is 140 cm³/mol. The molecule has 9 nitrogen and oxygen atoms in total. The van der Waals surface area contributed by atoms with E-state index in [1.165, 1.54) is 12.1 Å². The molecule has 5 rings (SSSR count). The zero-order chi connectivity index (χ0) is 24.0. The van der Waals surface area contributed by atoms with Crippen LogP contribution in [-0.4, -0.2) is 64.3 Å². The molecular formula is C26H32N8O. The number of hydrogen-bond acceptors (Lipinski definition) is 8. The summed E-state index contributed by atoms with van der Waals surface area (Å²) < 4.78 is 5.45. The Labute approximate surface area is 205 Å². The van der Waals surface area contributed by atoms with Crippen LogP contribution < -0.4 is 15.1 Å². The maximum absolute atomic E-state index is 5.45. The number of hydrogen-bond donors (Lipinski definition) is 2. The predicted octanol–water partition coefficient (Wildman–Crippen LogP) is 4.62. The number of aromatic nitrogens is 5. The van der Waals surface area contributed by atoms with E-state index in [1.54, 1.807) is 6.33 Å². The van der Waals surface area contributed by atoms with Gasteiger partial charge in [0.05, 0.1) is 19.5 Å². The van der Waals surface area contributed by atoms with Crippen LogP contribution in [-0.2, 0) is 4.74 Å². The van der Waals surface area contributed by atoms with E-state index in [4.69, 9.17) is 14.7 Å². The molecule has 2 N–H and O–H groups in total. The molecule has 1 aromatic carbocycles. The van der Waals surface area contributed by atoms with Crippen molar-refractivity contribution in [3.63, 3.8) is 0 Å². The van der Waals surface area contributed by atoms with Crippen molar-refractivity contribution >= 4 is 34.3 Å². The van der Waals surface area contributed by atoms with Crippen LogP contribution in [0, 0.1) is 0 Å². The summed E-state index contributed by atoms with van der Waals surface area (Å²) in [6.45, 7) is 9.68. The maximum Gasteiger partial charge on any atom is 0.229 e. The zero-order valence-corrected chi connectivity index (χ0v) is 20.4. The van der Waals surface area contributed by atoms with Crippen molar-refractivity contribution < 1.29 is 4.74 Å². The van der Waals surface area contributed by atoms with Gasteiger partial charge in [-0.05, 0) is 49.7 Å². The first-order valence-electron chi connectivity index (χ1n) is 12.4. The van der Waals surface area contributed by atoms with Crippen LogP contribution in [0.4, 0.5) is 23.1 Å². The Hall–Kier alpha value is -3.72. The van der Waals surface area contributed by atoms with Gasteiger partial charge in [0.25, 0.3) is 0 Å². The lowest BCUT2D eigenvalue weighted by molar-refractivity contribution is 0.122. The molecule has 0 radical (unpaired) electrons. The van der Waals surface area contributed by atoms with Gasteiger partial charge in [-0.15, -0.1) is 0 Å². The van der Waals surface area contributed by atoms with Crippen LogP contribution in [0.15, 0.2) is 48.9 Å². The Morgan fingerprint density at radius 3 is 2.57 bits per heavy atom. The van der Waals surface area contributed by atoms with E-state index in [0.29, 0.717) is 11.6 Å². The number of nitrogens with one attached hydrogen (secondary N) is 2. The lowest BCUT2D eigenvalue weighted by atomic mass is 10.2. The smallest absolute Gasteiger partial charge is 0.229 e. The zero-order valence-electron chi connectivity index (χ0n) is 20.4. The van der Waals surface area contributed by atoms with Gasteiger partial charge in [0.2, 0.25) is 5.95 Å². The Kier molecular flexibility index (Phi) is 7.04. The quantitative estimate of drug-likeness (QED) is 0.364. The number of imidazole rings is 1. The summed E-state index contributed by atoms with van der Waals surface area (Å²) in [4.78, 5) is 26.3. The van der Waals surface area contributed by atoms with Gasteiger partial charge in [-0.2, -0.15) is 4.98 Å². The second-order valence-corrected chi connectivity index (χ2v) is 8.61. The summed E-state index contributed by atoms with van der Waals surface area (Å²) in [7, 11) is 0. The normalized spacial score (nSPS) is 13.8. The molecule has 4 heterocycles. The molecule has 0 saturated carbocycles. The molecule has 3 aromatic heterocycles. The van der Waals surface area contributed by atoms with Gasteiger partial charge in [0.15, 0.2) is 5.65 Å². The third-order valence-electron chi connectivity index (χ3n) is 6.29. The number of morpholine rings is 1. The number of benzene rings is 1. The third kappa shape index (κ3) is 5.19. The van der Waals surface area contributed by atoms with Gasteiger partial charge >= 0.3 is 0 Å². The highest BCUT2D eigenvalue weighted by Crippen LogP contribution is 2.28. The van der Waals surface area contributed by atoms with Gasteiger partial charge in [-0.25, -0.2) is 15.0 Å². The first kappa shape index (κ1) is 23.0. The van der Waals surface area contributed by atoms with Crippen molar-refractivity contribution in [2.75, 3.05) is 54.5 Å². The van der Waals surface area contributed by atoms with Crippen molar-refractivity contribution in [3.8, 4) is 11.3 Å². The molecule has 0 spiro atoms. The van der Waals surface area contributed by atoms with Crippen LogP contribution in [0.3, 0.4) is 0 Å². The van der Waals surface area contributed by atoms with Crippen molar-refractivity contribution in [1.82, 2.24) is 24.9 Å². The van der Waals surface area contributed by atoms with Crippen molar-refractivity contribution in [3.05, 3.63) is 48.9 Å². The fraction of sp³-hybridized carbons (Fsp3) is 0.385. The summed E-state index contributed by atoms with van der Waals surface area (Å²) >= 11 is 0. The third-order valence-corrected chi connectivity index (χ3v) is 6.29. The van der Waals surface area contributed by atoms with Gasteiger partial charge in [0.1, 0.15) is 17.0 Å². The van der Waals surface area contributed by atoms with E-state index in [1.807, 2.05) is 6.20 Å². The minimum atomic E-state index is 0.501. The van der Waals surface area contributed by atoms with Crippen LogP contribution in [0.5, 0.6) is 0 Å². The Morgan fingerprint density at radius 2 is 1.86 bits per heavy atom. The minimum Gasteiger partial charge on any atom is -0.378 e. The number of ether oxygens (including phenoxy) is 1. The molecular weight excluding hydrogens is 440 g/mol. The fourth-order valence-electron chi connectivity index (χ4n) is 4.30. The van der Waals surface area contributed by atoms with E-state index in [2.05, 4.69) is 80.3 Å². The molecule has 1 saturated heterocycles.